The third kappa shape index (κ3) is 6.62. The van der Waals surface area contributed by atoms with Gasteiger partial charge in [-0.2, -0.15) is 0 Å². The van der Waals surface area contributed by atoms with Crippen LogP contribution in [-0.2, 0) is 0 Å². The Morgan fingerprint density at radius 1 is 1.05 bits per heavy atom. The number of ether oxygens (including phenoxy) is 1. The zero-order chi connectivity index (χ0) is 14.8. The number of halogens is 1. The number of hydrogen-bond acceptors (Lipinski definition) is 2. The number of hydrogen-bond donors (Lipinski definition) is 0. The Morgan fingerprint density at radius 3 is 2.40 bits per heavy atom. The Kier molecular flexibility index (Phi) is 8.72. The average Bonchev–Trinajstić information content (AvgIpc) is 2.44. The third-order valence-electron chi connectivity index (χ3n) is 3.61. The maximum Gasteiger partial charge on any atom is 0.137 e. The van der Waals surface area contributed by atoms with Crippen LogP contribution in [0.25, 0.3) is 0 Å². The van der Waals surface area contributed by atoms with Crippen molar-refractivity contribution in [2.75, 3.05) is 26.2 Å². The van der Waals surface area contributed by atoms with Crippen LogP contribution in [0.15, 0.2) is 18.2 Å². The molecule has 0 amide bonds. The highest BCUT2D eigenvalue weighted by Gasteiger charge is 2.01. The third-order valence-corrected chi connectivity index (χ3v) is 3.90. The van der Waals surface area contributed by atoms with Gasteiger partial charge in [0.15, 0.2) is 0 Å². The summed E-state index contributed by atoms with van der Waals surface area (Å²) in [5.74, 6) is 0.806. The monoisotopic (exact) mass is 297 g/mol. The van der Waals surface area contributed by atoms with Crippen molar-refractivity contribution in [2.24, 2.45) is 0 Å². The fourth-order valence-corrected chi connectivity index (χ4v) is 2.53. The van der Waals surface area contributed by atoms with Crippen molar-refractivity contribution >= 4 is 11.6 Å². The normalized spacial score (nSPS) is 11.1. The standard InChI is InChI=1S/C17H28ClNO/c1-4-19(5-2)12-8-6-7-9-13-20-17-11-10-15(3)14-16(17)18/h10-11,14H,4-9,12-13H2,1-3H3. The summed E-state index contributed by atoms with van der Waals surface area (Å²) >= 11 is 6.13. The highest BCUT2D eigenvalue weighted by molar-refractivity contribution is 6.32. The topological polar surface area (TPSA) is 12.5 Å². The lowest BCUT2D eigenvalue weighted by Gasteiger charge is -2.17. The maximum absolute atomic E-state index is 6.13. The van der Waals surface area contributed by atoms with Crippen molar-refractivity contribution < 1.29 is 4.74 Å². The van der Waals surface area contributed by atoms with Gasteiger partial charge >= 0.3 is 0 Å². The first-order valence-electron chi connectivity index (χ1n) is 7.78. The van der Waals surface area contributed by atoms with E-state index in [1.54, 1.807) is 0 Å². The van der Waals surface area contributed by atoms with Crippen molar-refractivity contribution in [3.63, 3.8) is 0 Å². The Labute approximate surface area is 129 Å². The molecule has 0 atom stereocenters. The van der Waals surface area contributed by atoms with Crippen LogP contribution in [0.5, 0.6) is 5.75 Å². The van der Waals surface area contributed by atoms with E-state index in [0.29, 0.717) is 5.02 Å². The molecule has 0 heterocycles. The first kappa shape index (κ1) is 17.3. The minimum Gasteiger partial charge on any atom is -0.492 e. The number of benzene rings is 1. The summed E-state index contributed by atoms with van der Waals surface area (Å²) in [5, 5.41) is 0.714. The Bertz CT molecular complexity index is 377. The van der Waals surface area contributed by atoms with Gasteiger partial charge in [0.05, 0.1) is 11.6 Å². The van der Waals surface area contributed by atoms with Crippen molar-refractivity contribution in [1.82, 2.24) is 4.90 Å². The van der Waals surface area contributed by atoms with Crippen LogP contribution in [0.4, 0.5) is 0 Å². The molecule has 1 aromatic carbocycles. The van der Waals surface area contributed by atoms with Crippen LogP contribution in [0, 0.1) is 6.92 Å². The Morgan fingerprint density at radius 2 is 1.75 bits per heavy atom. The van der Waals surface area contributed by atoms with Gasteiger partial charge < -0.3 is 9.64 Å². The molecule has 0 fully saturated rings. The van der Waals surface area contributed by atoms with Gasteiger partial charge in [-0.3, -0.25) is 0 Å². The van der Waals surface area contributed by atoms with Gasteiger partial charge in [0.25, 0.3) is 0 Å². The predicted octanol–water partition coefficient (Wildman–Crippen LogP) is 4.93. The summed E-state index contributed by atoms with van der Waals surface area (Å²) in [6.07, 6.45) is 4.89. The molecular weight excluding hydrogens is 270 g/mol. The van der Waals surface area contributed by atoms with E-state index in [-0.39, 0.29) is 0 Å². The molecule has 1 rings (SSSR count). The Hall–Kier alpha value is -0.730. The second kappa shape index (κ2) is 10.1. The van der Waals surface area contributed by atoms with Crippen LogP contribution < -0.4 is 4.74 Å². The van der Waals surface area contributed by atoms with E-state index in [1.165, 1.54) is 31.4 Å². The van der Waals surface area contributed by atoms with Crippen LogP contribution >= 0.6 is 11.6 Å². The molecule has 0 saturated heterocycles. The molecule has 2 nitrogen and oxygen atoms in total. The number of rotatable bonds is 10. The lowest BCUT2D eigenvalue weighted by atomic mass is 10.2. The molecule has 114 valence electrons. The smallest absolute Gasteiger partial charge is 0.137 e. The fraction of sp³-hybridized carbons (Fsp3) is 0.647. The zero-order valence-corrected chi connectivity index (χ0v) is 13.9. The van der Waals surface area contributed by atoms with Gasteiger partial charge in [-0.1, -0.05) is 44.4 Å². The molecule has 0 bridgehead atoms. The van der Waals surface area contributed by atoms with E-state index in [0.717, 1.165) is 31.9 Å². The Balaban J connectivity index is 2.07. The van der Waals surface area contributed by atoms with Gasteiger partial charge in [-0.25, -0.2) is 0 Å². The van der Waals surface area contributed by atoms with Gasteiger partial charge in [0.2, 0.25) is 0 Å². The minimum atomic E-state index is 0.714. The van der Waals surface area contributed by atoms with E-state index in [1.807, 2.05) is 25.1 Å². The summed E-state index contributed by atoms with van der Waals surface area (Å²) in [7, 11) is 0. The SMILES string of the molecule is CCN(CC)CCCCCCOc1ccc(C)cc1Cl. The van der Waals surface area contributed by atoms with Gasteiger partial charge in [0, 0.05) is 0 Å². The van der Waals surface area contributed by atoms with E-state index < -0.39 is 0 Å². The quantitative estimate of drug-likeness (QED) is 0.568. The summed E-state index contributed by atoms with van der Waals surface area (Å²) < 4.78 is 5.72. The van der Waals surface area contributed by atoms with Crippen molar-refractivity contribution in [3.05, 3.63) is 28.8 Å². The second-order valence-corrected chi connectivity index (χ2v) is 5.63. The van der Waals surface area contributed by atoms with Gasteiger partial charge in [-0.05, 0) is 57.1 Å². The van der Waals surface area contributed by atoms with E-state index >= 15 is 0 Å². The van der Waals surface area contributed by atoms with Crippen molar-refractivity contribution in [3.8, 4) is 5.75 Å². The summed E-state index contributed by atoms with van der Waals surface area (Å²) in [6, 6.07) is 5.93. The molecule has 0 saturated carbocycles. The van der Waals surface area contributed by atoms with E-state index in [9.17, 15) is 0 Å². The molecule has 0 radical (unpaired) electrons. The summed E-state index contributed by atoms with van der Waals surface area (Å²) in [5.41, 5.74) is 1.17. The molecule has 1 aromatic rings. The molecule has 0 aliphatic carbocycles. The molecule has 0 unspecified atom stereocenters. The summed E-state index contributed by atoms with van der Waals surface area (Å²) in [4.78, 5) is 2.47. The molecule has 3 heteroatoms. The van der Waals surface area contributed by atoms with Crippen LogP contribution in [0.3, 0.4) is 0 Å². The molecule has 20 heavy (non-hydrogen) atoms. The molecular formula is C17H28ClNO. The van der Waals surface area contributed by atoms with Gasteiger partial charge in [0.1, 0.15) is 5.75 Å². The molecule has 0 aliphatic heterocycles. The van der Waals surface area contributed by atoms with Crippen molar-refractivity contribution in [2.45, 2.75) is 46.5 Å². The second-order valence-electron chi connectivity index (χ2n) is 5.22. The first-order valence-corrected chi connectivity index (χ1v) is 8.16. The largest absolute Gasteiger partial charge is 0.492 e. The fourth-order valence-electron chi connectivity index (χ4n) is 2.24. The highest BCUT2D eigenvalue weighted by atomic mass is 35.5. The van der Waals surface area contributed by atoms with E-state index in [4.69, 9.17) is 16.3 Å². The van der Waals surface area contributed by atoms with Gasteiger partial charge in [-0.15, -0.1) is 0 Å². The number of unbranched alkanes of at least 4 members (excludes halogenated alkanes) is 3. The van der Waals surface area contributed by atoms with Crippen LogP contribution in [0.1, 0.15) is 45.1 Å². The average molecular weight is 298 g/mol. The van der Waals surface area contributed by atoms with Crippen LogP contribution in [0.2, 0.25) is 5.02 Å². The highest BCUT2D eigenvalue weighted by Crippen LogP contribution is 2.25. The molecule has 0 aromatic heterocycles. The maximum atomic E-state index is 6.13. The zero-order valence-electron chi connectivity index (χ0n) is 13.1. The minimum absolute atomic E-state index is 0.714. The predicted molar refractivity (Wildman–Crippen MR) is 87.9 cm³/mol. The number of nitrogens with zero attached hydrogens (tertiary/aromatic N) is 1. The molecule has 0 spiro atoms. The number of aryl methyl sites for hydroxylation is 1. The van der Waals surface area contributed by atoms with Crippen molar-refractivity contribution in [1.29, 1.82) is 0 Å². The summed E-state index contributed by atoms with van der Waals surface area (Å²) in [6.45, 7) is 10.8. The molecule has 0 N–H and O–H groups in total. The lowest BCUT2D eigenvalue weighted by Crippen LogP contribution is -2.23. The lowest BCUT2D eigenvalue weighted by molar-refractivity contribution is 0.284. The molecule has 0 aliphatic rings. The van der Waals surface area contributed by atoms with Crippen LogP contribution in [-0.4, -0.2) is 31.1 Å². The van der Waals surface area contributed by atoms with E-state index in [2.05, 4.69) is 18.7 Å². The first-order chi connectivity index (χ1) is 9.67.